The molecule has 6 heteroatoms. The van der Waals surface area contributed by atoms with Crippen LogP contribution in [-0.4, -0.2) is 43.6 Å². The van der Waals surface area contributed by atoms with E-state index in [1.165, 1.54) is 28.9 Å². The molecule has 0 radical (unpaired) electrons. The minimum absolute atomic E-state index is 0.000119. The summed E-state index contributed by atoms with van der Waals surface area (Å²) in [6.45, 7) is 3.95. The second-order valence-corrected chi connectivity index (χ2v) is 6.40. The van der Waals surface area contributed by atoms with Crippen molar-refractivity contribution in [1.29, 1.82) is 0 Å². The van der Waals surface area contributed by atoms with Gasteiger partial charge in [0.05, 0.1) is 0 Å². The van der Waals surface area contributed by atoms with Gasteiger partial charge in [-0.05, 0) is 49.2 Å². The van der Waals surface area contributed by atoms with Crippen LogP contribution in [0, 0.1) is 13.8 Å². The van der Waals surface area contributed by atoms with Crippen molar-refractivity contribution in [2.75, 3.05) is 31.1 Å². The van der Waals surface area contributed by atoms with Crippen LogP contribution < -0.4 is 9.64 Å². The first-order chi connectivity index (χ1) is 12.5. The first-order valence-electron chi connectivity index (χ1n) is 8.61. The summed E-state index contributed by atoms with van der Waals surface area (Å²) in [5, 5.41) is 0. The summed E-state index contributed by atoms with van der Waals surface area (Å²) in [5.74, 6) is -0.162. The Balaban J connectivity index is 1.66. The van der Waals surface area contributed by atoms with Gasteiger partial charge >= 0.3 is 6.61 Å². The number of rotatable bonds is 4. The molecule has 1 aliphatic rings. The highest BCUT2D eigenvalue weighted by atomic mass is 19.3. The third-order valence-corrected chi connectivity index (χ3v) is 4.79. The number of benzene rings is 2. The van der Waals surface area contributed by atoms with E-state index in [0.717, 1.165) is 13.1 Å². The summed E-state index contributed by atoms with van der Waals surface area (Å²) >= 11 is 0. The molecule has 0 bridgehead atoms. The second kappa shape index (κ2) is 7.72. The lowest BCUT2D eigenvalue weighted by molar-refractivity contribution is -0.0499. The molecule has 138 valence electrons. The molecule has 3 rings (SSSR count). The standard InChI is InChI=1S/C20H22F2N2O2/c1-14-5-3-8-18(15(14)2)23-9-11-24(12-10-23)19(25)16-6-4-7-17(13-16)26-20(21)22/h3-8,13,20H,9-12H2,1-2H3. The Morgan fingerprint density at radius 2 is 1.73 bits per heavy atom. The van der Waals surface area contributed by atoms with E-state index in [1.807, 2.05) is 6.07 Å². The van der Waals surface area contributed by atoms with Crippen LogP contribution in [0.25, 0.3) is 0 Å². The molecule has 4 nitrogen and oxygen atoms in total. The second-order valence-electron chi connectivity index (χ2n) is 6.40. The van der Waals surface area contributed by atoms with Crippen molar-refractivity contribution in [3.63, 3.8) is 0 Å². The Labute approximate surface area is 152 Å². The molecule has 1 fully saturated rings. The molecule has 0 saturated carbocycles. The van der Waals surface area contributed by atoms with Crippen LogP contribution in [0.1, 0.15) is 21.5 Å². The van der Waals surface area contributed by atoms with Gasteiger partial charge in [0.1, 0.15) is 5.75 Å². The zero-order chi connectivity index (χ0) is 18.7. The van der Waals surface area contributed by atoms with Gasteiger partial charge in [0.15, 0.2) is 0 Å². The van der Waals surface area contributed by atoms with Crippen LogP contribution >= 0.6 is 0 Å². The van der Waals surface area contributed by atoms with Crippen molar-refractivity contribution in [2.24, 2.45) is 0 Å². The Bertz CT molecular complexity index is 787. The average molecular weight is 360 g/mol. The first kappa shape index (κ1) is 18.2. The molecule has 0 aromatic heterocycles. The number of alkyl halides is 2. The number of carbonyl (C=O) groups is 1. The van der Waals surface area contributed by atoms with E-state index < -0.39 is 6.61 Å². The van der Waals surface area contributed by atoms with E-state index >= 15 is 0 Å². The summed E-state index contributed by atoms with van der Waals surface area (Å²) < 4.78 is 29.1. The largest absolute Gasteiger partial charge is 0.435 e. The fourth-order valence-electron chi connectivity index (χ4n) is 3.22. The van der Waals surface area contributed by atoms with Gasteiger partial charge in [-0.1, -0.05) is 18.2 Å². The van der Waals surface area contributed by atoms with E-state index in [-0.39, 0.29) is 11.7 Å². The summed E-state index contributed by atoms with van der Waals surface area (Å²) in [6.07, 6.45) is 0. The Kier molecular flexibility index (Phi) is 5.40. The first-order valence-corrected chi connectivity index (χ1v) is 8.61. The van der Waals surface area contributed by atoms with Gasteiger partial charge in [-0.2, -0.15) is 8.78 Å². The normalized spacial score (nSPS) is 14.7. The number of hydrogen-bond donors (Lipinski definition) is 0. The van der Waals surface area contributed by atoms with Crippen molar-refractivity contribution in [2.45, 2.75) is 20.5 Å². The van der Waals surface area contributed by atoms with Crippen LogP contribution in [-0.2, 0) is 0 Å². The van der Waals surface area contributed by atoms with Crippen molar-refractivity contribution >= 4 is 11.6 Å². The van der Waals surface area contributed by atoms with Crippen LogP contribution in [0.5, 0.6) is 5.75 Å². The molecule has 0 spiro atoms. The molecule has 0 atom stereocenters. The van der Waals surface area contributed by atoms with E-state index in [0.29, 0.717) is 18.7 Å². The predicted octanol–water partition coefficient (Wildman–Crippen LogP) is 3.87. The molecule has 2 aromatic carbocycles. The minimum Gasteiger partial charge on any atom is -0.435 e. The van der Waals surface area contributed by atoms with Gasteiger partial charge in [-0.15, -0.1) is 0 Å². The number of amides is 1. The van der Waals surface area contributed by atoms with Crippen molar-refractivity contribution in [1.82, 2.24) is 4.90 Å². The Morgan fingerprint density at radius 3 is 2.42 bits per heavy atom. The van der Waals surface area contributed by atoms with Crippen molar-refractivity contribution < 1.29 is 18.3 Å². The smallest absolute Gasteiger partial charge is 0.387 e. The highest BCUT2D eigenvalue weighted by Gasteiger charge is 2.23. The Morgan fingerprint density at radius 1 is 1.04 bits per heavy atom. The molecule has 1 aliphatic heterocycles. The van der Waals surface area contributed by atoms with Crippen LogP contribution in [0.2, 0.25) is 0 Å². The number of piperazine rings is 1. The number of hydrogen-bond acceptors (Lipinski definition) is 3. The number of aryl methyl sites for hydroxylation is 1. The van der Waals surface area contributed by atoms with Gasteiger partial charge in [0, 0.05) is 37.4 Å². The minimum atomic E-state index is -2.90. The van der Waals surface area contributed by atoms with Gasteiger partial charge < -0.3 is 14.5 Å². The number of carbonyl (C=O) groups excluding carboxylic acids is 1. The molecule has 1 amide bonds. The maximum Gasteiger partial charge on any atom is 0.387 e. The van der Waals surface area contributed by atoms with Gasteiger partial charge in [-0.3, -0.25) is 4.79 Å². The SMILES string of the molecule is Cc1cccc(N2CCN(C(=O)c3cccc(OC(F)F)c3)CC2)c1C. The highest BCUT2D eigenvalue weighted by molar-refractivity contribution is 5.94. The number of nitrogens with zero attached hydrogens (tertiary/aromatic N) is 2. The summed E-state index contributed by atoms with van der Waals surface area (Å²) in [7, 11) is 0. The predicted molar refractivity (Wildman–Crippen MR) is 97.1 cm³/mol. The summed E-state index contributed by atoms with van der Waals surface area (Å²) in [6, 6.07) is 12.2. The van der Waals surface area contributed by atoms with Crippen LogP contribution in [0.4, 0.5) is 14.5 Å². The zero-order valence-corrected chi connectivity index (χ0v) is 14.9. The maximum absolute atomic E-state index is 12.7. The molecule has 2 aromatic rings. The fraction of sp³-hybridized carbons (Fsp3) is 0.350. The third kappa shape index (κ3) is 3.95. The number of ether oxygens (including phenoxy) is 1. The summed E-state index contributed by atoms with van der Waals surface area (Å²) in [4.78, 5) is 16.7. The zero-order valence-electron chi connectivity index (χ0n) is 14.9. The summed E-state index contributed by atoms with van der Waals surface area (Å²) in [5.41, 5.74) is 4.06. The third-order valence-electron chi connectivity index (χ3n) is 4.79. The topological polar surface area (TPSA) is 32.8 Å². The molecular weight excluding hydrogens is 338 g/mol. The van der Waals surface area contributed by atoms with Crippen molar-refractivity contribution in [3.05, 3.63) is 59.2 Å². The molecule has 1 heterocycles. The molecule has 0 unspecified atom stereocenters. The maximum atomic E-state index is 12.7. The average Bonchev–Trinajstić information content (AvgIpc) is 2.63. The van der Waals surface area contributed by atoms with E-state index in [2.05, 4.69) is 35.6 Å². The Hall–Kier alpha value is -2.63. The molecule has 1 saturated heterocycles. The lowest BCUT2D eigenvalue weighted by atomic mass is 10.1. The van der Waals surface area contributed by atoms with Gasteiger partial charge in [0.2, 0.25) is 0 Å². The van der Waals surface area contributed by atoms with Crippen LogP contribution in [0.15, 0.2) is 42.5 Å². The molecule has 0 aliphatic carbocycles. The molecule has 26 heavy (non-hydrogen) atoms. The van der Waals surface area contributed by atoms with Crippen molar-refractivity contribution in [3.8, 4) is 5.75 Å². The fourth-order valence-corrected chi connectivity index (χ4v) is 3.22. The quantitative estimate of drug-likeness (QED) is 0.830. The van der Waals surface area contributed by atoms with Crippen LogP contribution in [0.3, 0.4) is 0 Å². The van der Waals surface area contributed by atoms with Gasteiger partial charge in [0.25, 0.3) is 5.91 Å². The molecule has 0 N–H and O–H groups in total. The monoisotopic (exact) mass is 360 g/mol. The number of halogens is 2. The van der Waals surface area contributed by atoms with E-state index in [1.54, 1.807) is 17.0 Å². The lowest BCUT2D eigenvalue weighted by Gasteiger charge is -2.37. The molecular formula is C20H22F2N2O2. The van der Waals surface area contributed by atoms with E-state index in [9.17, 15) is 13.6 Å². The number of anilines is 1. The lowest BCUT2D eigenvalue weighted by Crippen LogP contribution is -2.49. The van der Waals surface area contributed by atoms with Gasteiger partial charge in [-0.25, -0.2) is 0 Å². The van der Waals surface area contributed by atoms with E-state index in [4.69, 9.17) is 0 Å². The highest BCUT2D eigenvalue weighted by Crippen LogP contribution is 2.24.